The number of rotatable bonds is 4. The second-order valence-corrected chi connectivity index (χ2v) is 5.76. The van der Waals surface area contributed by atoms with Crippen LogP contribution in [0.3, 0.4) is 0 Å². The van der Waals surface area contributed by atoms with Crippen LogP contribution in [0.5, 0.6) is 0 Å². The Bertz CT molecular complexity index is 296. The predicted octanol–water partition coefficient (Wildman–Crippen LogP) is 2.45. The van der Waals surface area contributed by atoms with E-state index in [1.54, 1.807) is 6.92 Å². The fourth-order valence-corrected chi connectivity index (χ4v) is 2.79. The molecule has 2 saturated heterocycles. The molecule has 1 spiro atoms. The highest BCUT2D eigenvalue weighted by atomic mass is 16.8. The monoisotopic (exact) mass is 256 g/mol. The first-order valence-electron chi connectivity index (χ1n) is 6.95. The van der Waals surface area contributed by atoms with Gasteiger partial charge < -0.3 is 19.0 Å². The number of ketones is 1. The molecule has 2 fully saturated rings. The van der Waals surface area contributed by atoms with Gasteiger partial charge in [0.1, 0.15) is 12.4 Å². The van der Waals surface area contributed by atoms with Crippen molar-refractivity contribution in [3.05, 3.63) is 0 Å². The summed E-state index contributed by atoms with van der Waals surface area (Å²) in [5.41, 5.74) is -0.131. The molecule has 0 aromatic heterocycles. The summed E-state index contributed by atoms with van der Waals surface area (Å²) in [7, 11) is 0. The molecule has 4 heteroatoms. The number of Topliss-reactive ketones (excluding diaryl/α,β-unsaturated/α-hetero) is 1. The van der Waals surface area contributed by atoms with Gasteiger partial charge >= 0.3 is 0 Å². The normalized spacial score (nSPS) is 31.4. The van der Waals surface area contributed by atoms with Crippen LogP contribution in [0.4, 0.5) is 0 Å². The van der Waals surface area contributed by atoms with E-state index in [1.165, 1.54) is 0 Å². The number of carbonyl (C=O) groups excluding carboxylic acids is 1. The zero-order chi connectivity index (χ0) is 13.1. The van der Waals surface area contributed by atoms with Crippen molar-refractivity contribution >= 4 is 5.78 Å². The van der Waals surface area contributed by atoms with E-state index >= 15 is 0 Å². The fourth-order valence-electron chi connectivity index (χ4n) is 2.79. The molecule has 2 aliphatic rings. The third kappa shape index (κ3) is 3.53. The second-order valence-electron chi connectivity index (χ2n) is 5.76. The lowest BCUT2D eigenvalue weighted by Gasteiger charge is -2.30. The lowest BCUT2D eigenvalue weighted by atomic mass is 9.92. The van der Waals surface area contributed by atoms with Gasteiger partial charge in [-0.15, -0.1) is 0 Å². The summed E-state index contributed by atoms with van der Waals surface area (Å²) < 4.78 is 17.4. The lowest BCUT2D eigenvalue weighted by Crippen LogP contribution is -2.37. The van der Waals surface area contributed by atoms with Gasteiger partial charge in [-0.1, -0.05) is 0 Å². The van der Waals surface area contributed by atoms with E-state index in [1.807, 2.05) is 0 Å². The molecular formula is C14H24O4. The van der Waals surface area contributed by atoms with Crippen LogP contribution in [-0.2, 0) is 19.0 Å². The highest BCUT2D eigenvalue weighted by Gasteiger charge is 2.42. The van der Waals surface area contributed by atoms with Gasteiger partial charge in [-0.2, -0.15) is 0 Å². The Morgan fingerprint density at radius 1 is 1.17 bits per heavy atom. The highest BCUT2D eigenvalue weighted by molar-refractivity contribution is 5.75. The zero-order valence-electron chi connectivity index (χ0n) is 11.5. The van der Waals surface area contributed by atoms with E-state index in [0.717, 1.165) is 32.1 Å². The number of hydrogen-bond acceptors (Lipinski definition) is 4. The van der Waals surface area contributed by atoms with Crippen molar-refractivity contribution in [3.63, 3.8) is 0 Å². The summed E-state index contributed by atoms with van der Waals surface area (Å²) in [6.07, 6.45) is 5.46. The summed E-state index contributed by atoms with van der Waals surface area (Å²) in [5.74, 6) is -0.232. The van der Waals surface area contributed by atoms with Crippen LogP contribution >= 0.6 is 0 Å². The topological polar surface area (TPSA) is 44.8 Å². The van der Waals surface area contributed by atoms with Crippen molar-refractivity contribution < 1.29 is 19.0 Å². The molecule has 1 atom stereocenters. The van der Waals surface area contributed by atoms with Crippen LogP contribution in [-0.4, -0.2) is 37.0 Å². The van der Waals surface area contributed by atoms with Gasteiger partial charge in [-0.25, -0.2) is 0 Å². The number of carbonyl (C=O) groups is 1. The molecule has 0 aromatic carbocycles. The lowest BCUT2D eigenvalue weighted by molar-refractivity contribution is -0.208. The third-order valence-electron chi connectivity index (χ3n) is 3.95. The zero-order valence-corrected chi connectivity index (χ0v) is 11.5. The van der Waals surface area contributed by atoms with Gasteiger partial charge in [0.2, 0.25) is 0 Å². The first-order chi connectivity index (χ1) is 8.54. The minimum Gasteiger partial charge on any atom is -0.370 e. The molecule has 0 bridgehead atoms. The van der Waals surface area contributed by atoms with Crippen LogP contribution in [0, 0.1) is 0 Å². The first kappa shape index (κ1) is 14.0. The maximum absolute atomic E-state index is 11.0. The maximum atomic E-state index is 11.0. The first-order valence-corrected chi connectivity index (χ1v) is 6.95. The number of ether oxygens (including phenoxy) is 3. The minimum absolute atomic E-state index is 0.131. The van der Waals surface area contributed by atoms with E-state index in [2.05, 4.69) is 6.92 Å². The van der Waals surface area contributed by atoms with Gasteiger partial charge in [0.05, 0.1) is 18.8 Å². The highest BCUT2D eigenvalue weighted by Crippen LogP contribution is 2.36. The van der Waals surface area contributed by atoms with Crippen molar-refractivity contribution in [2.75, 3.05) is 19.8 Å². The Kier molecular flexibility index (Phi) is 4.41. The van der Waals surface area contributed by atoms with E-state index < -0.39 is 5.79 Å². The molecule has 0 radical (unpaired) electrons. The average molecular weight is 256 g/mol. The van der Waals surface area contributed by atoms with E-state index in [9.17, 15) is 4.79 Å². The molecule has 0 N–H and O–H groups in total. The van der Waals surface area contributed by atoms with Gasteiger partial charge in [0.25, 0.3) is 0 Å². The van der Waals surface area contributed by atoms with Crippen molar-refractivity contribution in [3.8, 4) is 0 Å². The molecule has 2 rings (SSSR count). The van der Waals surface area contributed by atoms with Crippen LogP contribution in [0.15, 0.2) is 0 Å². The third-order valence-corrected chi connectivity index (χ3v) is 3.95. The summed E-state index contributed by atoms with van der Waals surface area (Å²) in [6.45, 7) is 5.64. The Morgan fingerprint density at radius 2 is 1.89 bits per heavy atom. The summed E-state index contributed by atoms with van der Waals surface area (Å²) >= 11 is 0. The standard InChI is InChI=1S/C14H24O4/c1-12(15)5-3-6-13(2)7-4-8-14(11-18-13)16-9-10-17-14/h3-11H2,1-2H3. The van der Waals surface area contributed by atoms with E-state index in [-0.39, 0.29) is 11.4 Å². The van der Waals surface area contributed by atoms with Crippen LogP contribution in [0.2, 0.25) is 0 Å². The van der Waals surface area contributed by atoms with E-state index in [0.29, 0.717) is 26.2 Å². The summed E-state index contributed by atoms with van der Waals surface area (Å²) in [6, 6.07) is 0. The van der Waals surface area contributed by atoms with Crippen LogP contribution in [0.1, 0.15) is 52.4 Å². The molecule has 0 aromatic rings. The molecule has 0 aliphatic carbocycles. The largest absolute Gasteiger partial charge is 0.370 e. The predicted molar refractivity (Wildman–Crippen MR) is 67.4 cm³/mol. The van der Waals surface area contributed by atoms with Crippen molar-refractivity contribution in [2.45, 2.75) is 63.8 Å². The Morgan fingerprint density at radius 3 is 2.56 bits per heavy atom. The fraction of sp³-hybridized carbons (Fsp3) is 0.929. The second kappa shape index (κ2) is 5.68. The van der Waals surface area contributed by atoms with Crippen LogP contribution in [0.25, 0.3) is 0 Å². The maximum Gasteiger partial charge on any atom is 0.191 e. The molecule has 4 nitrogen and oxygen atoms in total. The van der Waals surface area contributed by atoms with Gasteiger partial charge in [0.15, 0.2) is 5.79 Å². The molecule has 18 heavy (non-hydrogen) atoms. The minimum atomic E-state index is -0.488. The van der Waals surface area contributed by atoms with Crippen molar-refractivity contribution in [1.29, 1.82) is 0 Å². The summed E-state index contributed by atoms with van der Waals surface area (Å²) in [4.78, 5) is 11.0. The molecular weight excluding hydrogens is 232 g/mol. The average Bonchev–Trinajstić information content (AvgIpc) is 2.69. The van der Waals surface area contributed by atoms with E-state index in [4.69, 9.17) is 14.2 Å². The smallest absolute Gasteiger partial charge is 0.191 e. The Balaban J connectivity index is 1.84. The van der Waals surface area contributed by atoms with Gasteiger partial charge in [-0.05, 0) is 39.5 Å². The SMILES string of the molecule is CC(=O)CCCC1(C)CCCC2(CO1)OCCO2. The molecule has 2 aliphatic heterocycles. The molecule has 2 heterocycles. The summed E-state index contributed by atoms with van der Waals surface area (Å²) in [5, 5.41) is 0. The van der Waals surface area contributed by atoms with Gasteiger partial charge in [-0.3, -0.25) is 0 Å². The quantitative estimate of drug-likeness (QED) is 0.775. The molecule has 104 valence electrons. The Labute approximate surface area is 109 Å². The Hall–Kier alpha value is -0.450. The molecule has 0 saturated carbocycles. The van der Waals surface area contributed by atoms with Gasteiger partial charge in [0, 0.05) is 12.8 Å². The van der Waals surface area contributed by atoms with Crippen LogP contribution < -0.4 is 0 Å². The molecule has 1 unspecified atom stereocenters. The number of hydrogen-bond donors (Lipinski definition) is 0. The van der Waals surface area contributed by atoms with Crippen molar-refractivity contribution in [2.24, 2.45) is 0 Å². The molecule has 0 amide bonds. The van der Waals surface area contributed by atoms with Crippen molar-refractivity contribution in [1.82, 2.24) is 0 Å².